The third-order valence-electron chi connectivity index (χ3n) is 6.22. The van der Waals surface area contributed by atoms with E-state index in [0.717, 1.165) is 34.4 Å². The third kappa shape index (κ3) is 3.57. The first-order chi connectivity index (χ1) is 8.80. The van der Waals surface area contributed by atoms with Crippen LogP contribution in [0.15, 0.2) is 0 Å². The molecule has 0 aromatic carbocycles. The Morgan fingerprint density at radius 2 is 1.37 bits per heavy atom. The van der Waals surface area contributed by atoms with Gasteiger partial charge in [0.25, 0.3) is 0 Å². The van der Waals surface area contributed by atoms with Gasteiger partial charge in [-0.15, -0.1) is 0 Å². The summed E-state index contributed by atoms with van der Waals surface area (Å²) in [4.78, 5) is 0.749. The summed E-state index contributed by atoms with van der Waals surface area (Å²) in [6, 6.07) is 0. The van der Waals surface area contributed by atoms with E-state index in [4.69, 9.17) is 0 Å². The molecule has 112 valence electrons. The fraction of sp³-hybridized carbons (Fsp3) is 1.00. The highest BCUT2D eigenvalue weighted by Gasteiger charge is 2.44. The molecule has 0 aliphatic heterocycles. The van der Waals surface area contributed by atoms with E-state index in [0.29, 0.717) is 5.41 Å². The number of alkyl halides is 1. The molecule has 0 heterocycles. The zero-order chi connectivity index (χ0) is 14.2. The zero-order valence-electron chi connectivity index (χ0n) is 13.6. The molecular weight excluding hydrogens is 296 g/mol. The summed E-state index contributed by atoms with van der Waals surface area (Å²) in [7, 11) is 0. The molecule has 0 radical (unpaired) electrons. The van der Waals surface area contributed by atoms with Crippen LogP contribution in [0.3, 0.4) is 0 Å². The van der Waals surface area contributed by atoms with Gasteiger partial charge in [0.05, 0.1) is 0 Å². The summed E-state index contributed by atoms with van der Waals surface area (Å²) < 4.78 is 0. The maximum atomic E-state index is 4.03. The van der Waals surface area contributed by atoms with Gasteiger partial charge in [0.15, 0.2) is 0 Å². The Morgan fingerprint density at radius 1 is 0.789 bits per heavy atom. The van der Waals surface area contributed by atoms with E-state index < -0.39 is 0 Å². The Balaban J connectivity index is 2.08. The van der Waals surface area contributed by atoms with Gasteiger partial charge in [-0.1, -0.05) is 57.0 Å². The van der Waals surface area contributed by atoms with Crippen LogP contribution in [0.4, 0.5) is 0 Å². The molecule has 1 heteroatoms. The molecule has 2 aliphatic rings. The number of hydrogen-bond acceptors (Lipinski definition) is 0. The van der Waals surface area contributed by atoms with Crippen LogP contribution in [0.2, 0.25) is 0 Å². The summed E-state index contributed by atoms with van der Waals surface area (Å²) in [6.45, 7) is 12.5. The molecule has 2 fully saturated rings. The lowest BCUT2D eigenvalue weighted by atomic mass is 9.58. The third-order valence-corrected chi connectivity index (χ3v) is 7.23. The topological polar surface area (TPSA) is 0 Å². The van der Waals surface area contributed by atoms with Crippen molar-refractivity contribution in [3.63, 3.8) is 0 Å². The minimum Gasteiger partial charge on any atom is -0.0887 e. The summed E-state index contributed by atoms with van der Waals surface area (Å²) in [5.74, 6) is 4.60. The van der Waals surface area contributed by atoms with Crippen molar-refractivity contribution in [3.05, 3.63) is 0 Å². The fourth-order valence-corrected chi connectivity index (χ4v) is 6.59. The Kier molecular flexibility index (Phi) is 5.07. The highest BCUT2D eigenvalue weighted by molar-refractivity contribution is 9.09. The van der Waals surface area contributed by atoms with Gasteiger partial charge < -0.3 is 0 Å². The molecule has 2 aliphatic carbocycles. The predicted octanol–water partition coefficient (Wildman–Crippen LogP) is 6.28. The van der Waals surface area contributed by atoms with Crippen LogP contribution in [-0.4, -0.2) is 4.83 Å². The molecule has 0 amide bonds. The first-order valence-corrected chi connectivity index (χ1v) is 9.36. The van der Waals surface area contributed by atoms with Crippen molar-refractivity contribution in [1.82, 2.24) is 0 Å². The summed E-state index contributed by atoms with van der Waals surface area (Å²) >= 11 is 4.03. The van der Waals surface area contributed by atoms with Crippen LogP contribution in [0.1, 0.15) is 73.1 Å². The lowest BCUT2D eigenvalue weighted by Crippen LogP contribution is -2.42. The minimum absolute atomic E-state index is 0.511. The quantitative estimate of drug-likeness (QED) is 0.523. The number of halogens is 1. The van der Waals surface area contributed by atoms with E-state index in [1.165, 1.54) is 38.5 Å². The molecule has 2 rings (SSSR count). The van der Waals surface area contributed by atoms with Crippen molar-refractivity contribution in [2.45, 2.75) is 78.0 Å². The lowest BCUT2D eigenvalue weighted by molar-refractivity contribution is 0.0289. The zero-order valence-corrected chi connectivity index (χ0v) is 15.2. The van der Waals surface area contributed by atoms with Gasteiger partial charge in [-0.05, 0) is 67.1 Å². The van der Waals surface area contributed by atoms with E-state index in [9.17, 15) is 0 Å². The smallest absolute Gasteiger partial charge is 0.0181 e. The molecule has 5 atom stereocenters. The summed E-state index contributed by atoms with van der Waals surface area (Å²) in [5.41, 5.74) is 0.511. The standard InChI is InChI=1S/C18H33Br/c1-12-6-7-16(17(19)11-12)18(4,5)15-9-13(2)8-14(3)10-15/h12-17H,6-11H2,1-5H3. The van der Waals surface area contributed by atoms with Gasteiger partial charge in [-0.3, -0.25) is 0 Å². The molecule has 0 N–H and O–H groups in total. The molecule has 2 saturated carbocycles. The molecule has 0 spiro atoms. The van der Waals surface area contributed by atoms with Crippen LogP contribution >= 0.6 is 15.9 Å². The first-order valence-electron chi connectivity index (χ1n) is 8.44. The molecule has 0 bridgehead atoms. The molecule has 0 aromatic heterocycles. The summed E-state index contributed by atoms with van der Waals surface area (Å²) in [6.07, 6.45) is 8.63. The Bertz CT molecular complexity index is 286. The Hall–Kier alpha value is 0.480. The van der Waals surface area contributed by atoms with E-state index in [2.05, 4.69) is 50.5 Å². The fourth-order valence-electron chi connectivity index (χ4n) is 5.01. The maximum Gasteiger partial charge on any atom is 0.0181 e. The Morgan fingerprint density at radius 3 is 1.89 bits per heavy atom. The monoisotopic (exact) mass is 328 g/mol. The highest BCUT2D eigenvalue weighted by atomic mass is 79.9. The second-order valence-electron chi connectivity index (χ2n) is 8.48. The minimum atomic E-state index is 0.511. The van der Waals surface area contributed by atoms with Crippen molar-refractivity contribution in [3.8, 4) is 0 Å². The molecule has 19 heavy (non-hydrogen) atoms. The first kappa shape index (κ1) is 15.9. The van der Waals surface area contributed by atoms with Crippen molar-refractivity contribution < 1.29 is 0 Å². The second-order valence-corrected chi connectivity index (χ2v) is 9.65. The summed E-state index contributed by atoms with van der Waals surface area (Å²) in [5, 5.41) is 0. The van der Waals surface area contributed by atoms with Crippen LogP contribution in [-0.2, 0) is 0 Å². The van der Waals surface area contributed by atoms with Crippen molar-refractivity contribution in [2.24, 2.45) is 35.0 Å². The predicted molar refractivity (Wildman–Crippen MR) is 88.7 cm³/mol. The van der Waals surface area contributed by atoms with Gasteiger partial charge in [0, 0.05) is 4.83 Å². The van der Waals surface area contributed by atoms with E-state index in [1.807, 2.05) is 0 Å². The normalized spacial score (nSPS) is 45.2. The number of rotatable bonds is 2. The van der Waals surface area contributed by atoms with Crippen LogP contribution in [0.25, 0.3) is 0 Å². The average Bonchev–Trinajstić information content (AvgIpc) is 2.26. The van der Waals surface area contributed by atoms with Crippen molar-refractivity contribution in [2.75, 3.05) is 0 Å². The van der Waals surface area contributed by atoms with E-state index in [1.54, 1.807) is 0 Å². The van der Waals surface area contributed by atoms with Crippen LogP contribution in [0.5, 0.6) is 0 Å². The molecule has 0 saturated heterocycles. The largest absolute Gasteiger partial charge is 0.0887 e. The molecule has 0 nitrogen and oxygen atoms in total. The second kappa shape index (κ2) is 6.08. The van der Waals surface area contributed by atoms with Gasteiger partial charge in [-0.25, -0.2) is 0 Å². The van der Waals surface area contributed by atoms with Crippen molar-refractivity contribution in [1.29, 1.82) is 0 Å². The maximum absolute atomic E-state index is 4.03. The molecule has 0 aromatic rings. The van der Waals surface area contributed by atoms with Gasteiger partial charge in [0.2, 0.25) is 0 Å². The molecule has 5 unspecified atom stereocenters. The Labute approximate surface area is 129 Å². The number of hydrogen-bond donors (Lipinski definition) is 0. The SMILES string of the molecule is CC1CCC(C(C)(C)C2CC(C)CC(C)C2)C(Br)C1. The van der Waals surface area contributed by atoms with Gasteiger partial charge in [0.1, 0.15) is 0 Å². The van der Waals surface area contributed by atoms with E-state index >= 15 is 0 Å². The van der Waals surface area contributed by atoms with Gasteiger partial charge in [-0.2, -0.15) is 0 Å². The van der Waals surface area contributed by atoms with Crippen LogP contribution in [0, 0.1) is 35.0 Å². The van der Waals surface area contributed by atoms with Gasteiger partial charge >= 0.3 is 0 Å². The van der Waals surface area contributed by atoms with Crippen molar-refractivity contribution >= 4 is 15.9 Å². The average molecular weight is 329 g/mol. The van der Waals surface area contributed by atoms with Crippen LogP contribution < -0.4 is 0 Å². The van der Waals surface area contributed by atoms with E-state index in [-0.39, 0.29) is 0 Å². The molecular formula is C18H33Br. The highest BCUT2D eigenvalue weighted by Crippen LogP contribution is 2.52. The lowest BCUT2D eigenvalue weighted by Gasteiger charge is -2.49.